The number of hydrogen-bond acceptors (Lipinski definition) is 2. The van der Waals surface area contributed by atoms with Crippen LogP contribution in [0.2, 0.25) is 0 Å². The molecule has 0 spiro atoms. The summed E-state index contributed by atoms with van der Waals surface area (Å²) < 4.78 is 0. The van der Waals surface area contributed by atoms with Crippen LogP contribution in [-0.2, 0) is 4.79 Å². The summed E-state index contributed by atoms with van der Waals surface area (Å²) in [5.74, 6) is 3.02. The molecule has 0 aromatic rings. The Hall–Kier alpha value is -0.570. The lowest BCUT2D eigenvalue weighted by Crippen LogP contribution is -2.57. The molecule has 4 rings (SSSR count). The van der Waals surface area contributed by atoms with Gasteiger partial charge in [-0.1, -0.05) is 33.6 Å². The normalized spacial score (nSPS) is 50.4. The van der Waals surface area contributed by atoms with Gasteiger partial charge in [0, 0.05) is 6.42 Å². The number of carbonyl (C=O) groups is 1. The average molecular weight is 377 g/mol. The van der Waals surface area contributed by atoms with Crippen LogP contribution in [0.4, 0.5) is 0 Å². The Kier molecular flexibility index (Phi) is 5.15. The highest BCUT2D eigenvalue weighted by molar-refractivity contribution is 5.66. The van der Waals surface area contributed by atoms with E-state index in [1.807, 2.05) is 0 Å². The fraction of sp³-hybridized carbons (Fsp3) is 0.958. The lowest BCUT2D eigenvalue weighted by Gasteiger charge is -2.62. The van der Waals surface area contributed by atoms with Crippen LogP contribution in [0.5, 0.6) is 0 Å². The molecular weight excluding hydrogens is 336 g/mol. The van der Waals surface area contributed by atoms with Gasteiger partial charge in [0.2, 0.25) is 0 Å². The zero-order valence-electron chi connectivity index (χ0n) is 17.6. The lowest BCUT2D eigenvalue weighted by molar-refractivity contribution is -0.164. The number of carboxylic acids is 1. The van der Waals surface area contributed by atoms with Gasteiger partial charge < -0.3 is 10.2 Å². The fourth-order valence-electron chi connectivity index (χ4n) is 8.78. The van der Waals surface area contributed by atoms with Gasteiger partial charge in [0.05, 0.1) is 6.10 Å². The van der Waals surface area contributed by atoms with Crippen molar-refractivity contribution in [2.24, 2.45) is 46.3 Å². The van der Waals surface area contributed by atoms with Crippen molar-refractivity contribution in [3.05, 3.63) is 0 Å². The third-order valence-electron chi connectivity index (χ3n) is 10.2. The van der Waals surface area contributed by atoms with Crippen LogP contribution >= 0.6 is 0 Å². The second-order valence-corrected chi connectivity index (χ2v) is 11.2. The van der Waals surface area contributed by atoms with E-state index < -0.39 is 5.97 Å². The predicted octanol–water partition coefficient (Wildman–Crippen LogP) is 5.51. The number of aliphatic hydroxyl groups is 1. The molecule has 5 unspecified atom stereocenters. The smallest absolute Gasteiger partial charge is 0.303 e. The van der Waals surface area contributed by atoms with Gasteiger partial charge in [-0.3, -0.25) is 4.79 Å². The Labute approximate surface area is 165 Å². The van der Waals surface area contributed by atoms with Crippen molar-refractivity contribution in [3.8, 4) is 0 Å². The zero-order chi connectivity index (χ0) is 19.4. The third-order valence-corrected chi connectivity index (χ3v) is 10.2. The summed E-state index contributed by atoms with van der Waals surface area (Å²) in [6.45, 7) is 7.33. The molecular formula is C24H40O3. The summed E-state index contributed by atoms with van der Waals surface area (Å²) >= 11 is 0. The minimum atomic E-state index is -0.663. The van der Waals surface area contributed by atoms with Crippen molar-refractivity contribution in [1.29, 1.82) is 0 Å². The quantitative estimate of drug-likeness (QED) is 0.680. The molecule has 0 bridgehead atoms. The van der Waals surface area contributed by atoms with E-state index in [4.69, 9.17) is 5.11 Å². The Bertz CT molecular complexity index is 574. The summed E-state index contributed by atoms with van der Waals surface area (Å²) in [5, 5.41) is 20.3. The first-order valence-electron chi connectivity index (χ1n) is 11.7. The first kappa shape index (κ1) is 19.7. The molecule has 4 saturated carbocycles. The van der Waals surface area contributed by atoms with E-state index >= 15 is 0 Å². The molecule has 0 heterocycles. The van der Waals surface area contributed by atoms with Crippen molar-refractivity contribution in [2.75, 3.05) is 0 Å². The number of fused-ring (bicyclic) bond motifs is 5. The Morgan fingerprint density at radius 1 is 1.04 bits per heavy atom. The average Bonchev–Trinajstić information content (AvgIpc) is 2.97. The van der Waals surface area contributed by atoms with Crippen LogP contribution in [0.15, 0.2) is 0 Å². The van der Waals surface area contributed by atoms with E-state index in [1.165, 1.54) is 51.4 Å². The summed E-state index contributed by atoms with van der Waals surface area (Å²) in [6, 6.07) is 0. The maximum Gasteiger partial charge on any atom is 0.303 e. The van der Waals surface area contributed by atoms with Crippen molar-refractivity contribution in [3.63, 3.8) is 0 Å². The van der Waals surface area contributed by atoms with Crippen LogP contribution < -0.4 is 0 Å². The van der Waals surface area contributed by atoms with Crippen molar-refractivity contribution in [2.45, 2.75) is 97.5 Å². The molecule has 0 aliphatic heterocycles. The fourth-order valence-corrected chi connectivity index (χ4v) is 8.78. The molecule has 9 atom stereocenters. The van der Waals surface area contributed by atoms with Crippen LogP contribution in [0.3, 0.4) is 0 Å². The molecule has 4 aliphatic carbocycles. The van der Waals surface area contributed by atoms with Gasteiger partial charge in [0.25, 0.3) is 0 Å². The molecule has 0 saturated heterocycles. The molecule has 0 aromatic carbocycles. The number of rotatable bonds is 4. The third kappa shape index (κ3) is 3.07. The van der Waals surface area contributed by atoms with Gasteiger partial charge in [-0.05, 0) is 97.7 Å². The Morgan fingerprint density at radius 3 is 2.52 bits per heavy atom. The van der Waals surface area contributed by atoms with Gasteiger partial charge in [-0.15, -0.1) is 0 Å². The second kappa shape index (κ2) is 7.04. The van der Waals surface area contributed by atoms with E-state index in [0.717, 1.165) is 18.8 Å². The summed E-state index contributed by atoms with van der Waals surface area (Å²) in [6.07, 6.45) is 12.5. The number of hydrogen-bond donors (Lipinski definition) is 2. The monoisotopic (exact) mass is 376 g/mol. The second-order valence-electron chi connectivity index (χ2n) is 11.2. The van der Waals surface area contributed by atoms with Crippen LogP contribution in [0, 0.1) is 46.3 Å². The molecule has 4 aliphatic rings. The molecule has 4 fully saturated rings. The Balaban J connectivity index is 1.56. The largest absolute Gasteiger partial charge is 0.481 e. The highest BCUT2D eigenvalue weighted by Gasteiger charge is 2.62. The van der Waals surface area contributed by atoms with Crippen LogP contribution in [0.25, 0.3) is 0 Å². The summed E-state index contributed by atoms with van der Waals surface area (Å²) in [5.41, 5.74) is 0.758. The number of aliphatic carboxylic acids is 1. The van der Waals surface area contributed by atoms with Gasteiger partial charge in [0.15, 0.2) is 0 Å². The first-order valence-corrected chi connectivity index (χ1v) is 11.7. The topological polar surface area (TPSA) is 57.5 Å². The molecule has 3 nitrogen and oxygen atoms in total. The lowest BCUT2D eigenvalue weighted by atomic mass is 9.44. The highest BCUT2D eigenvalue weighted by Crippen LogP contribution is 2.68. The minimum absolute atomic E-state index is 0.108. The van der Waals surface area contributed by atoms with E-state index in [2.05, 4.69) is 20.8 Å². The molecule has 0 aromatic heterocycles. The number of carboxylic acid groups (broad SMARTS) is 1. The van der Waals surface area contributed by atoms with Crippen molar-refractivity contribution >= 4 is 5.97 Å². The SMILES string of the molecule is C[C@H](CCC(=O)O)C1CCC2C3C(CC[C@@]21C)[C@@]1(C)CCCCC1C[C@H]3O. The minimum Gasteiger partial charge on any atom is -0.481 e. The standard InChI is InChI=1S/C24H40O3/c1-15(7-10-21(26)27)17-8-9-18-22-19(11-13-24(17,18)3)23(2)12-5-4-6-16(23)14-20(22)25/h15-20,22,25H,4-14H2,1-3H3,(H,26,27)/t15-,16?,17?,18?,19?,20-,22?,23+,24-/m1/s1. The van der Waals surface area contributed by atoms with E-state index in [1.54, 1.807) is 0 Å². The van der Waals surface area contributed by atoms with E-state index in [9.17, 15) is 9.90 Å². The van der Waals surface area contributed by atoms with E-state index in [-0.39, 0.29) is 6.10 Å². The molecule has 154 valence electrons. The van der Waals surface area contributed by atoms with Crippen molar-refractivity contribution < 1.29 is 15.0 Å². The summed E-state index contributed by atoms with van der Waals surface area (Å²) in [4.78, 5) is 11.0. The van der Waals surface area contributed by atoms with Gasteiger partial charge in [-0.25, -0.2) is 0 Å². The van der Waals surface area contributed by atoms with Crippen LogP contribution in [0.1, 0.15) is 91.4 Å². The summed E-state index contributed by atoms with van der Waals surface area (Å²) in [7, 11) is 0. The zero-order valence-corrected chi connectivity index (χ0v) is 17.6. The van der Waals surface area contributed by atoms with Gasteiger partial charge in [-0.2, -0.15) is 0 Å². The van der Waals surface area contributed by atoms with Crippen molar-refractivity contribution in [1.82, 2.24) is 0 Å². The maximum absolute atomic E-state index is 11.2. The number of aliphatic hydroxyl groups excluding tert-OH is 1. The molecule has 2 N–H and O–H groups in total. The molecule has 27 heavy (non-hydrogen) atoms. The molecule has 3 heteroatoms. The first-order chi connectivity index (χ1) is 12.8. The van der Waals surface area contributed by atoms with Crippen LogP contribution in [-0.4, -0.2) is 22.3 Å². The highest BCUT2D eigenvalue weighted by atomic mass is 16.4. The Morgan fingerprint density at radius 2 is 1.78 bits per heavy atom. The maximum atomic E-state index is 11.2. The van der Waals surface area contributed by atoms with E-state index in [0.29, 0.717) is 46.8 Å². The van der Waals surface area contributed by atoms with Gasteiger partial charge in [0.1, 0.15) is 0 Å². The van der Waals surface area contributed by atoms with Gasteiger partial charge >= 0.3 is 5.97 Å². The molecule has 0 amide bonds. The molecule has 0 radical (unpaired) electrons. The predicted molar refractivity (Wildman–Crippen MR) is 107 cm³/mol.